The van der Waals surface area contributed by atoms with E-state index in [1.165, 1.54) is 4.90 Å². The number of benzene rings is 1. The molecule has 0 saturated carbocycles. The zero-order valence-electron chi connectivity index (χ0n) is 11.9. The summed E-state index contributed by atoms with van der Waals surface area (Å²) in [5.74, 6) is -0.141. The van der Waals surface area contributed by atoms with E-state index in [0.717, 1.165) is 11.3 Å². The minimum atomic E-state index is -0.141. The molecule has 0 radical (unpaired) electrons. The fourth-order valence-electron chi connectivity index (χ4n) is 1.72. The first-order valence-electron chi connectivity index (χ1n) is 6.60. The van der Waals surface area contributed by atoms with Crippen LogP contribution in [0.3, 0.4) is 0 Å². The Labute approximate surface area is 129 Å². The Morgan fingerprint density at radius 1 is 1.29 bits per heavy atom. The second kappa shape index (κ2) is 8.84. The van der Waals surface area contributed by atoms with Gasteiger partial charge in [0, 0.05) is 23.8 Å². The lowest BCUT2D eigenvalue weighted by Gasteiger charge is -2.21. The van der Waals surface area contributed by atoms with E-state index in [1.54, 1.807) is 6.07 Å². The summed E-state index contributed by atoms with van der Waals surface area (Å²) in [6.07, 6.45) is 0.515. The molecule has 110 valence electrons. The van der Waals surface area contributed by atoms with Crippen LogP contribution in [0.5, 0.6) is 0 Å². The summed E-state index contributed by atoms with van der Waals surface area (Å²) in [5.41, 5.74) is 1.73. The van der Waals surface area contributed by atoms with Crippen LogP contribution < -0.4 is 5.32 Å². The standard InChI is InChI=1S/C15H17ClN4O/c1-12-4-5-13(10-14(12)16)19-11-15(21)20(8-2-6-17)9-3-7-18/h4-5,10,19H,2-3,8-9,11H2,1H3. The fourth-order valence-corrected chi connectivity index (χ4v) is 1.90. The highest BCUT2D eigenvalue weighted by atomic mass is 35.5. The zero-order valence-corrected chi connectivity index (χ0v) is 12.7. The third kappa shape index (κ3) is 5.72. The molecule has 1 aromatic carbocycles. The monoisotopic (exact) mass is 304 g/mol. The van der Waals surface area contributed by atoms with E-state index in [-0.39, 0.29) is 25.3 Å². The molecule has 5 nitrogen and oxygen atoms in total. The summed E-state index contributed by atoms with van der Waals surface area (Å²) < 4.78 is 0. The summed E-state index contributed by atoms with van der Waals surface area (Å²) >= 11 is 6.02. The molecule has 1 amide bonds. The zero-order chi connectivity index (χ0) is 15.7. The summed E-state index contributed by atoms with van der Waals surface area (Å²) in [6, 6.07) is 9.49. The van der Waals surface area contributed by atoms with Crippen molar-refractivity contribution in [2.24, 2.45) is 0 Å². The number of aryl methyl sites for hydroxylation is 1. The highest BCUT2D eigenvalue weighted by Gasteiger charge is 2.12. The van der Waals surface area contributed by atoms with Crippen molar-refractivity contribution >= 4 is 23.2 Å². The number of nitriles is 2. The van der Waals surface area contributed by atoms with E-state index in [9.17, 15) is 4.79 Å². The van der Waals surface area contributed by atoms with Crippen LogP contribution in [-0.2, 0) is 4.79 Å². The number of hydrogen-bond donors (Lipinski definition) is 1. The average molecular weight is 305 g/mol. The largest absolute Gasteiger partial charge is 0.376 e. The van der Waals surface area contributed by atoms with Crippen LogP contribution in [0.25, 0.3) is 0 Å². The van der Waals surface area contributed by atoms with Crippen molar-refractivity contribution in [3.8, 4) is 12.1 Å². The number of anilines is 1. The van der Waals surface area contributed by atoms with Gasteiger partial charge in [-0.2, -0.15) is 10.5 Å². The number of carbonyl (C=O) groups is 1. The molecule has 0 spiro atoms. The highest BCUT2D eigenvalue weighted by Crippen LogP contribution is 2.19. The van der Waals surface area contributed by atoms with Gasteiger partial charge in [-0.25, -0.2) is 0 Å². The molecular formula is C15H17ClN4O. The van der Waals surface area contributed by atoms with Gasteiger partial charge in [-0.1, -0.05) is 17.7 Å². The maximum atomic E-state index is 12.1. The van der Waals surface area contributed by atoms with E-state index in [4.69, 9.17) is 22.1 Å². The van der Waals surface area contributed by atoms with E-state index in [2.05, 4.69) is 5.32 Å². The fraction of sp³-hybridized carbons (Fsp3) is 0.400. The lowest BCUT2D eigenvalue weighted by molar-refractivity contribution is -0.129. The molecule has 21 heavy (non-hydrogen) atoms. The van der Waals surface area contributed by atoms with Crippen LogP contribution in [0, 0.1) is 29.6 Å². The number of halogens is 1. The molecule has 1 N–H and O–H groups in total. The number of nitrogens with one attached hydrogen (secondary N) is 1. The molecule has 1 rings (SSSR count). The molecule has 0 saturated heterocycles. The van der Waals surface area contributed by atoms with Crippen LogP contribution in [0.1, 0.15) is 18.4 Å². The smallest absolute Gasteiger partial charge is 0.241 e. The number of nitrogens with zero attached hydrogens (tertiary/aromatic N) is 3. The van der Waals surface area contributed by atoms with Gasteiger partial charge in [0.2, 0.25) is 5.91 Å². The van der Waals surface area contributed by atoms with Crippen LogP contribution in [0.15, 0.2) is 18.2 Å². The molecule has 0 unspecified atom stereocenters. The Kier molecular flexibility index (Phi) is 7.08. The molecule has 0 aliphatic rings. The van der Waals surface area contributed by atoms with Gasteiger partial charge in [0.15, 0.2) is 0 Å². The molecule has 0 heterocycles. The third-order valence-electron chi connectivity index (χ3n) is 2.96. The maximum Gasteiger partial charge on any atom is 0.241 e. The second-order valence-corrected chi connectivity index (χ2v) is 4.92. The Hall–Kier alpha value is -2.24. The highest BCUT2D eigenvalue weighted by molar-refractivity contribution is 6.31. The van der Waals surface area contributed by atoms with Crippen LogP contribution in [0.4, 0.5) is 5.69 Å². The van der Waals surface area contributed by atoms with Gasteiger partial charge in [-0.05, 0) is 24.6 Å². The summed E-state index contributed by atoms with van der Waals surface area (Å²) in [7, 11) is 0. The van der Waals surface area contributed by atoms with Gasteiger partial charge in [-0.3, -0.25) is 4.79 Å². The first-order chi connectivity index (χ1) is 10.1. The third-order valence-corrected chi connectivity index (χ3v) is 3.36. The van der Waals surface area contributed by atoms with Gasteiger partial charge >= 0.3 is 0 Å². The molecular weight excluding hydrogens is 288 g/mol. The first kappa shape index (κ1) is 16.8. The molecule has 1 aromatic rings. The summed E-state index contributed by atoms with van der Waals surface area (Å²) in [6.45, 7) is 2.69. The van der Waals surface area contributed by atoms with Crippen molar-refractivity contribution in [1.82, 2.24) is 4.90 Å². The van der Waals surface area contributed by atoms with Crippen molar-refractivity contribution in [2.75, 3.05) is 25.0 Å². The van der Waals surface area contributed by atoms with Crippen molar-refractivity contribution in [3.63, 3.8) is 0 Å². The lowest BCUT2D eigenvalue weighted by Crippen LogP contribution is -2.36. The minimum Gasteiger partial charge on any atom is -0.376 e. The topological polar surface area (TPSA) is 79.9 Å². The van der Waals surface area contributed by atoms with Crippen molar-refractivity contribution in [2.45, 2.75) is 19.8 Å². The first-order valence-corrected chi connectivity index (χ1v) is 6.98. The number of hydrogen-bond acceptors (Lipinski definition) is 4. The number of rotatable bonds is 7. The van der Waals surface area contributed by atoms with Crippen LogP contribution in [-0.4, -0.2) is 30.4 Å². The lowest BCUT2D eigenvalue weighted by atomic mass is 10.2. The Bertz CT molecular complexity index is 556. The molecule has 0 fully saturated rings. The van der Waals surface area contributed by atoms with E-state index in [1.807, 2.05) is 31.2 Å². The minimum absolute atomic E-state index is 0.107. The SMILES string of the molecule is Cc1ccc(NCC(=O)N(CCC#N)CCC#N)cc1Cl. The van der Waals surface area contributed by atoms with Crippen molar-refractivity contribution in [3.05, 3.63) is 28.8 Å². The molecule has 0 atom stereocenters. The molecule has 0 aromatic heterocycles. The van der Waals surface area contributed by atoms with Crippen LogP contribution in [0.2, 0.25) is 5.02 Å². The van der Waals surface area contributed by atoms with Crippen molar-refractivity contribution in [1.29, 1.82) is 10.5 Å². The molecule has 6 heteroatoms. The number of carbonyl (C=O) groups excluding carboxylic acids is 1. The Balaban J connectivity index is 2.57. The van der Waals surface area contributed by atoms with Gasteiger partial charge in [-0.15, -0.1) is 0 Å². The van der Waals surface area contributed by atoms with E-state index in [0.29, 0.717) is 18.1 Å². The maximum absolute atomic E-state index is 12.1. The average Bonchev–Trinajstić information content (AvgIpc) is 2.48. The summed E-state index contributed by atoms with van der Waals surface area (Å²) in [5, 5.41) is 20.8. The predicted octanol–water partition coefficient (Wildman–Crippen LogP) is 2.72. The Morgan fingerprint density at radius 3 is 2.43 bits per heavy atom. The van der Waals surface area contributed by atoms with Crippen LogP contribution >= 0.6 is 11.6 Å². The van der Waals surface area contributed by atoms with Gasteiger partial charge in [0.1, 0.15) is 0 Å². The van der Waals surface area contributed by atoms with Gasteiger partial charge in [0.05, 0.1) is 31.5 Å². The second-order valence-electron chi connectivity index (χ2n) is 4.51. The molecule has 0 aliphatic heterocycles. The Morgan fingerprint density at radius 2 is 1.90 bits per heavy atom. The normalized spacial score (nSPS) is 9.52. The number of amides is 1. The van der Waals surface area contributed by atoms with Crippen molar-refractivity contribution < 1.29 is 4.79 Å². The van der Waals surface area contributed by atoms with E-state index >= 15 is 0 Å². The molecule has 0 bridgehead atoms. The quantitative estimate of drug-likeness (QED) is 0.840. The summed E-state index contributed by atoms with van der Waals surface area (Å²) in [4.78, 5) is 13.6. The van der Waals surface area contributed by atoms with Gasteiger partial charge < -0.3 is 10.2 Å². The molecule has 0 aliphatic carbocycles. The van der Waals surface area contributed by atoms with Gasteiger partial charge in [0.25, 0.3) is 0 Å². The predicted molar refractivity (Wildman–Crippen MR) is 81.7 cm³/mol. The van der Waals surface area contributed by atoms with E-state index < -0.39 is 0 Å².